The van der Waals surface area contributed by atoms with Crippen LogP contribution in [0.15, 0.2) is 30.7 Å². The van der Waals surface area contributed by atoms with Crippen molar-refractivity contribution in [3.05, 3.63) is 42.2 Å². The number of aromatic nitrogens is 4. The second kappa shape index (κ2) is 5.49. The Balaban J connectivity index is 1.75. The number of ether oxygens (including phenoxy) is 1. The lowest BCUT2D eigenvalue weighted by atomic mass is 10.0. The topological polar surface area (TPSA) is 64.9 Å². The van der Waals surface area contributed by atoms with Gasteiger partial charge in [-0.05, 0) is 31.0 Å². The van der Waals surface area contributed by atoms with Gasteiger partial charge < -0.3 is 10.1 Å². The molecule has 1 aliphatic heterocycles. The molecule has 3 aromatic rings. The Labute approximate surface area is 132 Å². The molecule has 23 heavy (non-hydrogen) atoms. The Morgan fingerprint density at radius 3 is 3.09 bits per heavy atom. The van der Waals surface area contributed by atoms with Gasteiger partial charge in [0, 0.05) is 18.1 Å². The summed E-state index contributed by atoms with van der Waals surface area (Å²) in [6.45, 7) is 0.927. The number of aryl methyl sites for hydroxylation is 1. The zero-order chi connectivity index (χ0) is 15.8. The Morgan fingerprint density at radius 2 is 2.22 bits per heavy atom. The standard InChI is InChI=1S/C16H16FN5O/c1-23-13-5-4-10-15(14(13)17)18-9-19-16(10)21-11-3-2-8-22-12(11)6-7-20-22/h4-7,9,11H,2-3,8H2,1H3,(H,18,19,21). The normalized spacial score (nSPS) is 17.0. The minimum Gasteiger partial charge on any atom is -0.494 e. The molecule has 0 bridgehead atoms. The molecule has 7 heteroatoms. The van der Waals surface area contributed by atoms with E-state index in [4.69, 9.17) is 4.74 Å². The monoisotopic (exact) mass is 313 g/mol. The number of rotatable bonds is 3. The molecule has 4 rings (SSSR count). The number of anilines is 1. The van der Waals surface area contributed by atoms with Crippen LogP contribution in [-0.4, -0.2) is 26.9 Å². The number of hydrogen-bond acceptors (Lipinski definition) is 5. The summed E-state index contributed by atoms with van der Waals surface area (Å²) >= 11 is 0. The quantitative estimate of drug-likeness (QED) is 0.805. The predicted octanol–water partition coefficient (Wildman–Crippen LogP) is 2.92. The lowest BCUT2D eigenvalue weighted by molar-refractivity contribution is 0.388. The number of halogens is 1. The summed E-state index contributed by atoms with van der Waals surface area (Å²) in [7, 11) is 1.44. The smallest absolute Gasteiger partial charge is 0.191 e. The first-order chi connectivity index (χ1) is 11.3. The first-order valence-electron chi connectivity index (χ1n) is 7.53. The SMILES string of the molecule is COc1ccc2c(NC3CCCn4nccc43)ncnc2c1F. The van der Waals surface area contributed by atoms with Crippen molar-refractivity contribution in [1.82, 2.24) is 19.7 Å². The number of nitrogens with zero attached hydrogens (tertiary/aromatic N) is 4. The number of benzene rings is 1. The minimum atomic E-state index is -0.468. The highest BCUT2D eigenvalue weighted by atomic mass is 19.1. The van der Waals surface area contributed by atoms with E-state index < -0.39 is 5.82 Å². The lowest BCUT2D eigenvalue weighted by Crippen LogP contribution is -2.22. The Bertz CT molecular complexity index is 863. The van der Waals surface area contributed by atoms with Crippen molar-refractivity contribution < 1.29 is 9.13 Å². The van der Waals surface area contributed by atoms with Crippen LogP contribution in [0.4, 0.5) is 10.2 Å². The number of hydrogen-bond donors (Lipinski definition) is 1. The number of nitrogens with one attached hydrogen (secondary N) is 1. The second-order valence-electron chi connectivity index (χ2n) is 5.52. The zero-order valence-electron chi connectivity index (χ0n) is 12.7. The fourth-order valence-electron chi connectivity index (χ4n) is 3.08. The van der Waals surface area contributed by atoms with E-state index in [9.17, 15) is 4.39 Å². The molecule has 6 nitrogen and oxygen atoms in total. The second-order valence-corrected chi connectivity index (χ2v) is 5.52. The van der Waals surface area contributed by atoms with Crippen LogP contribution >= 0.6 is 0 Å². The van der Waals surface area contributed by atoms with Crippen molar-refractivity contribution >= 4 is 16.7 Å². The van der Waals surface area contributed by atoms with Crippen LogP contribution in [0.25, 0.3) is 10.9 Å². The van der Waals surface area contributed by atoms with Crippen molar-refractivity contribution in [2.75, 3.05) is 12.4 Å². The van der Waals surface area contributed by atoms with Crippen LogP contribution in [0.5, 0.6) is 5.75 Å². The summed E-state index contributed by atoms with van der Waals surface area (Å²) in [6.07, 6.45) is 5.19. The molecular weight excluding hydrogens is 297 g/mol. The van der Waals surface area contributed by atoms with Crippen molar-refractivity contribution in [2.45, 2.75) is 25.4 Å². The molecule has 3 heterocycles. The van der Waals surface area contributed by atoms with E-state index in [1.165, 1.54) is 13.4 Å². The van der Waals surface area contributed by atoms with E-state index in [0.717, 1.165) is 25.1 Å². The molecule has 2 aromatic heterocycles. The first kappa shape index (κ1) is 13.9. The van der Waals surface area contributed by atoms with Gasteiger partial charge in [-0.3, -0.25) is 4.68 Å². The predicted molar refractivity (Wildman–Crippen MR) is 83.9 cm³/mol. The van der Waals surface area contributed by atoms with Gasteiger partial charge in [0.2, 0.25) is 0 Å². The maximum absolute atomic E-state index is 14.4. The van der Waals surface area contributed by atoms with Gasteiger partial charge in [-0.25, -0.2) is 14.4 Å². The fraction of sp³-hybridized carbons (Fsp3) is 0.312. The zero-order valence-corrected chi connectivity index (χ0v) is 12.7. The Kier molecular flexibility index (Phi) is 3.33. The highest BCUT2D eigenvalue weighted by Crippen LogP contribution is 2.32. The number of fused-ring (bicyclic) bond motifs is 2. The van der Waals surface area contributed by atoms with E-state index in [2.05, 4.69) is 20.4 Å². The minimum absolute atomic E-state index is 0.106. The highest BCUT2D eigenvalue weighted by molar-refractivity contribution is 5.90. The molecule has 0 aliphatic carbocycles. The van der Waals surface area contributed by atoms with E-state index in [1.54, 1.807) is 18.3 Å². The van der Waals surface area contributed by atoms with Gasteiger partial charge in [0.25, 0.3) is 0 Å². The van der Waals surface area contributed by atoms with Gasteiger partial charge in [-0.2, -0.15) is 5.10 Å². The molecule has 1 aliphatic rings. The molecule has 0 amide bonds. The maximum Gasteiger partial charge on any atom is 0.191 e. The van der Waals surface area contributed by atoms with E-state index in [0.29, 0.717) is 11.2 Å². The third-order valence-corrected chi connectivity index (χ3v) is 4.21. The maximum atomic E-state index is 14.4. The summed E-state index contributed by atoms with van der Waals surface area (Å²) in [5, 5.41) is 8.37. The molecule has 0 saturated heterocycles. The van der Waals surface area contributed by atoms with Gasteiger partial charge in [-0.1, -0.05) is 0 Å². The first-order valence-corrected chi connectivity index (χ1v) is 7.53. The van der Waals surface area contributed by atoms with Crippen molar-refractivity contribution in [2.24, 2.45) is 0 Å². The molecule has 118 valence electrons. The van der Waals surface area contributed by atoms with E-state index in [1.807, 2.05) is 10.7 Å². The molecule has 1 unspecified atom stereocenters. The van der Waals surface area contributed by atoms with Crippen molar-refractivity contribution in [1.29, 1.82) is 0 Å². The van der Waals surface area contributed by atoms with E-state index in [-0.39, 0.29) is 17.3 Å². The largest absolute Gasteiger partial charge is 0.494 e. The highest BCUT2D eigenvalue weighted by Gasteiger charge is 2.22. The Hall–Kier alpha value is -2.70. The summed E-state index contributed by atoms with van der Waals surface area (Å²) in [4.78, 5) is 8.35. The van der Waals surface area contributed by atoms with E-state index >= 15 is 0 Å². The lowest BCUT2D eigenvalue weighted by Gasteiger charge is -2.25. The summed E-state index contributed by atoms with van der Waals surface area (Å²) < 4.78 is 21.4. The Morgan fingerprint density at radius 1 is 1.30 bits per heavy atom. The van der Waals surface area contributed by atoms with Crippen LogP contribution in [0.3, 0.4) is 0 Å². The average Bonchev–Trinajstić information content (AvgIpc) is 3.06. The number of methoxy groups -OCH3 is 1. The van der Waals surface area contributed by atoms with Gasteiger partial charge in [-0.15, -0.1) is 0 Å². The summed E-state index contributed by atoms with van der Waals surface area (Å²) in [5.74, 6) is 0.332. The van der Waals surface area contributed by atoms with Gasteiger partial charge in [0.15, 0.2) is 11.6 Å². The van der Waals surface area contributed by atoms with Gasteiger partial charge in [0.05, 0.1) is 18.8 Å². The van der Waals surface area contributed by atoms with Crippen LogP contribution in [-0.2, 0) is 6.54 Å². The molecule has 1 N–H and O–H groups in total. The average molecular weight is 313 g/mol. The molecule has 0 fully saturated rings. The molecule has 1 aromatic carbocycles. The van der Waals surface area contributed by atoms with Gasteiger partial charge >= 0.3 is 0 Å². The summed E-state index contributed by atoms with van der Waals surface area (Å²) in [6, 6.07) is 5.48. The van der Waals surface area contributed by atoms with Gasteiger partial charge in [0.1, 0.15) is 17.7 Å². The van der Waals surface area contributed by atoms with Crippen molar-refractivity contribution in [3.8, 4) is 5.75 Å². The fourth-order valence-corrected chi connectivity index (χ4v) is 3.08. The summed E-state index contributed by atoms with van der Waals surface area (Å²) in [5.41, 5.74) is 1.38. The van der Waals surface area contributed by atoms with Crippen LogP contribution < -0.4 is 10.1 Å². The molecule has 0 saturated carbocycles. The third kappa shape index (κ3) is 2.28. The third-order valence-electron chi connectivity index (χ3n) is 4.21. The molecular formula is C16H16FN5O. The molecule has 1 atom stereocenters. The van der Waals surface area contributed by atoms with Crippen LogP contribution in [0, 0.1) is 5.82 Å². The van der Waals surface area contributed by atoms with Crippen LogP contribution in [0.1, 0.15) is 24.6 Å². The molecule has 0 radical (unpaired) electrons. The van der Waals surface area contributed by atoms with Crippen LogP contribution in [0.2, 0.25) is 0 Å². The molecule has 0 spiro atoms. The van der Waals surface area contributed by atoms with Crippen molar-refractivity contribution in [3.63, 3.8) is 0 Å².